The van der Waals surface area contributed by atoms with E-state index in [-0.39, 0.29) is 11.0 Å². The van der Waals surface area contributed by atoms with Crippen molar-refractivity contribution in [2.24, 2.45) is 11.7 Å². The number of hydrogen-bond acceptors (Lipinski definition) is 3. The van der Waals surface area contributed by atoms with Crippen molar-refractivity contribution in [1.29, 1.82) is 0 Å². The van der Waals surface area contributed by atoms with Crippen molar-refractivity contribution in [2.75, 3.05) is 6.54 Å². The number of sulfonamides is 1. The summed E-state index contributed by atoms with van der Waals surface area (Å²) in [6, 6.07) is 0.178. The van der Waals surface area contributed by atoms with Crippen LogP contribution in [0, 0.1) is 5.92 Å². The fraction of sp³-hybridized carbons (Fsp3) is 0.917. The van der Waals surface area contributed by atoms with Crippen LogP contribution in [0.1, 0.15) is 46.5 Å². The molecule has 106 valence electrons. The van der Waals surface area contributed by atoms with Gasteiger partial charge in [-0.1, -0.05) is 33.0 Å². The quantitative estimate of drug-likeness (QED) is 0.694. The Morgan fingerprint density at radius 1 is 1.44 bits per heavy atom. The van der Waals surface area contributed by atoms with Crippen molar-refractivity contribution in [1.82, 2.24) is 4.31 Å². The molecule has 0 bridgehead atoms. The minimum absolute atomic E-state index is 0.0905. The molecule has 1 saturated carbocycles. The number of rotatable bonds is 8. The van der Waals surface area contributed by atoms with Crippen LogP contribution >= 0.6 is 12.2 Å². The van der Waals surface area contributed by atoms with E-state index in [1.165, 1.54) is 0 Å². The molecule has 1 atom stereocenters. The maximum Gasteiger partial charge on any atom is 0.223 e. The predicted molar refractivity (Wildman–Crippen MR) is 79.0 cm³/mol. The molecular weight excluding hydrogens is 268 g/mol. The van der Waals surface area contributed by atoms with Crippen LogP contribution in [0.4, 0.5) is 0 Å². The Balaban J connectivity index is 2.86. The van der Waals surface area contributed by atoms with Crippen LogP contribution in [-0.4, -0.2) is 35.5 Å². The van der Waals surface area contributed by atoms with Gasteiger partial charge in [0.1, 0.15) is 5.25 Å². The highest BCUT2D eigenvalue weighted by molar-refractivity contribution is 7.92. The van der Waals surface area contributed by atoms with E-state index >= 15 is 0 Å². The fourth-order valence-electron chi connectivity index (χ4n) is 1.99. The first kappa shape index (κ1) is 15.9. The molecule has 1 unspecified atom stereocenters. The SMILES string of the molecule is CCC(C(N)=S)S(=O)(=O)N(CCC(C)C)C1CC1. The standard InChI is InChI=1S/C12H24N2O2S2/c1-4-11(12(13)17)18(15,16)14(10-5-6-10)8-7-9(2)3/h9-11H,4-8H2,1-3H3,(H2,13,17). The van der Waals surface area contributed by atoms with Crippen LogP contribution in [-0.2, 0) is 10.0 Å². The van der Waals surface area contributed by atoms with Gasteiger partial charge in [0, 0.05) is 12.6 Å². The van der Waals surface area contributed by atoms with Gasteiger partial charge in [-0.3, -0.25) is 0 Å². The third-order valence-electron chi connectivity index (χ3n) is 3.26. The van der Waals surface area contributed by atoms with Crippen LogP contribution in [0.15, 0.2) is 0 Å². The summed E-state index contributed by atoms with van der Waals surface area (Å²) in [5, 5.41) is -0.708. The minimum Gasteiger partial charge on any atom is -0.392 e. The van der Waals surface area contributed by atoms with Gasteiger partial charge in [-0.25, -0.2) is 8.42 Å². The molecule has 1 aliphatic carbocycles. The number of nitrogens with two attached hydrogens (primary N) is 1. The molecule has 4 nitrogen and oxygen atoms in total. The Morgan fingerprint density at radius 3 is 2.33 bits per heavy atom. The maximum absolute atomic E-state index is 12.6. The Morgan fingerprint density at radius 2 is 2.00 bits per heavy atom. The summed E-state index contributed by atoms with van der Waals surface area (Å²) in [5.41, 5.74) is 5.57. The molecule has 1 rings (SSSR count). The average Bonchev–Trinajstić information content (AvgIpc) is 3.00. The molecule has 1 aliphatic rings. The van der Waals surface area contributed by atoms with Crippen LogP contribution in [0.3, 0.4) is 0 Å². The van der Waals surface area contributed by atoms with Gasteiger partial charge in [-0.2, -0.15) is 4.31 Å². The zero-order chi connectivity index (χ0) is 13.9. The van der Waals surface area contributed by atoms with Crippen molar-refractivity contribution in [2.45, 2.75) is 57.7 Å². The first-order valence-corrected chi connectivity index (χ1v) is 8.51. The third-order valence-corrected chi connectivity index (χ3v) is 6.13. The molecule has 6 heteroatoms. The van der Waals surface area contributed by atoms with Gasteiger partial charge in [0.2, 0.25) is 10.0 Å². The topological polar surface area (TPSA) is 63.4 Å². The fourth-order valence-corrected chi connectivity index (χ4v) is 4.55. The molecule has 0 heterocycles. The van der Waals surface area contributed by atoms with Crippen LogP contribution in [0.5, 0.6) is 0 Å². The van der Waals surface area contributed by atoms with E-state index in [0.29, 0.717) is 18.9 Å². The van der Waals surface area contributed by atoms with E-state index in [2.05, 4.69) is 13.8 Å². The third kappa shape index (κ3) is 3.90. The second-order valence-electron chi connectivity index (χ2n) is 5.37. The Hall–Kier alpha value is -0.200. The number of hydrogen-bond donors (Lipinski definition) is 1. The zero-order valence-corrected chi connectivity index (χ0v) is 13.1. The van der Waals surface area contributed by atoms with Gasteiger partial charge in [0.15, 0.2) is 0 Å². The molecule has 0 saturated heterocycles. The average molecular weight is 292 g/mol. The Bertz CT molecular complexity index is 389. The molecule has 0 spiro atoms. The van der Waals surface area contributed by atoms with Crippen molar-refractivity contribution in [3.05, 3.63) is 0 Å². The van der Waals surface area contributed by atoms with Gasteiger partial charge >= 0.3 is 0 Å². The molecule has 2 N–H and O–H groups in total. The summed E-state index contributed by atoms with van der Waals surface area (Å²) in [6.07, 6.45) is 3.25. The highest BCUT2D eigenvalue weighted by atomic mass is 32.2. The van der Waals surface area contributed by atoms with E-state index in [0.717, 1.165) is 19.3 Å². The minimum atomic E-state index is -3.38. The van der Waals surface area contributed by atoms with Crippen molar-refractivity contribution in [3.8, 4) is 0 Å². The van der Waals surface area contributed by atoms with Crippen molar-refractivity contribution >= 4 is 27.2 Å². The highest BCUT2D eigenvalue weighted by Crippen LogP contribution is 2.32. The molecule has 0 radical (unpaired) electrons. The summed E-state index contributed by atoms with van der Waals surface area (Å²) in [4.78, 5) is 0.0905. The number of thiocarbonyl (C=S) groups is 1. The van der Waals surface area contributed by atoms with Gasteiger partial charge in [0.05, 0.1) is 4.99 Å². The van der Waals surface area contributed by atoms with E-state index in [1.807, 2.05) is 6.92 Å². The first-order valence-electron chi connectivity index (χ1n) is 6.60. The lowest BCUT2D eigenvalue weighted by atomic mass is 10.1. The first-order chi connectivity index (χ1) is 8.30. The van der Waals surface area contributed by atoms with E-state index < -0.39 is 15.3 Å². The predicted octanol–water partition coefficient (Wildman–Crippen LogP) is 1.89. The van der Waals surface area contributed by atoms with Gasteiger partial charge in [-0.15, -0.1) is 0 Å². The molecule has 0 amide bonds. The molecule has 0 aromatic rings. The van der Waals surface area contributed by atoms with Crippen molar-refractivity contribution in [3.63, 3.8) is 0 Å². The highest BCUT2D eigenvalue weighted by Gasteiger charge is 2.41. The summed E-state index contributed by atoms with van der Waals surface area (Å²) in [6.45, 7) is 6.60. The molecule has 0 aromatic heterocycles. The molecule has 0 aromatic carbocycles. The largest absolute Gasteiger partial charge is 0.392 e. The van der Waals surface area contributed by atoms with Crippen molar-refractivity contribution < 1.29 is 8.42 Å². The van der Waals surface area contributed by atoms with E-state index in [4.69, 9.17) is 18.0 Å². The Labute approximate surface area is 116 Å². The maximum atomic E-state index is 12.6. The Kier molecular flexibility index (Phi) is 5.55. The summed E-state index contributed by atoms with van der Waals surface area (Å²) >= 11 is 4.90. The second kappa shape index (κ2) is 6.30. The smallest absolute Gasteiger partial charge is 0.223 e. The van der Waals surface area contributed by atoms with E-state index in [1.54, 1.807) is 4.31 Å². The van der Waals surface area contributed by atoms with Crippen LogP contribution in [0.25, 0.3) is 0 Å². The van der Waals surface area contributed by atoms with Gasteiger partial charge in [0.25, 0.3) is 0 Å². The number of nitrogens with zero attached hydrogens (tertiary/aromatic N) is 1. The second-order valence-corrected chi connectivity index (χ2v) is 7.91. The summed E-state index contributed by atoms with van der Waals surface area (Å²) < 4.78 is 26.8. The summed E-state index contributed by atoms with van der Waals surface area (Å²) in [7, 11) is -3.38. The lowest BCUT2D eigenvalue weighted by Crippen LogP contribution is -2.45. The monoisotopic (exact) mass is 292 g/mol. The summed E-state index contributed by atoms with van der Waals surface area (Å²) in [5.74, 6) is 0.492. The van der Waals surface area contributed by atoms with Gasteiger partial charge in [-0.05, 0) is 31.6 Å². The molecular formula is C12H24N2O2S2. The molecule has 18 heavy (non-hydrogen) atoms. The van der Waals surface area contributed by atoms with Crippen LogP contribution in [0.2, 0.25) is 0 Å². The zero-order valence-electron chi connectivity index (χ0n) is 11.4. The molecule has 1 fully saturated rings. The lowest BCUT2D eigenvalue weighted by molar-refractivity contribution is 0.371. The molecule has 0 aliphatic heterocycles. The van der Waals surface area contributed by atoms with Gasteiger partial charge < -0.3 is 5.73 Å². The van der Waals surface area contributed by atoms with E-state index in [9.17, 15) is 8.42 Å². The lowest BCUT2D eigenvalue weighted by Gasteiger charge is -2.27. The van der Waals surface area contributed by atoms with Crippen LogP contribution < -0.4 is 5.73 Å². The normalized spacial score (nSPS) is 18.3.